The highest BCUT2D eigenvalue weighted by atomic mass is 32.2. The Hall–Kier alpha value is -0.830. The molecule has 1 rings (SSSR count). The van der Waals surface area contributed by atoms with E-state index in [1.165, 1.54) is 6.07 Å². The van der Waals surface area contributed by atoms with E-state index in [2.05, 4.69) is 32.1 Å². The van der Waals surface area contributed by atoms with Crippen molar-refractivity contribution in [2.24, 2.45) is 4.40 Å². The van der Waals surface area contributed by atoms with Crippen LogP contribution in [0.25, 0.3) is 0 Å². The van der Waals surface area contributed by atoms with Gasteiger partial charge in [-0.1, -0.05) is 13.0 Å². The molecule has 1 aromatic rings. The first kappa shape index (κ1) is 14.2. The number of hydrogen-bond acceptors (Lipinski definition) is 2. The van der Waals surface area contributed by atoms with Gasteiger partial charge in [-0.15, -0.1) is 0 Å². The van der Waals surface area contributed by atoms with Gasteiger partial charge in [0.05, 0.1) is 5.71 Å². The van der Waals surface area contributed by atoms with Crippen LogP contribution in [0.1, 0.15) is 45.2 Å². The van der Waals surface area contributed by atoms with Crippen molar-refractivity contribution in [3.8, 4) is 0 Å². The van der Waals surface area contributed by atoms with Gasteiger partial charge < -0.3 is 0 Å². The van der Waals surface area contributed by atoms with Gasteiger partial charge >= 0.3 is 0 Å². The molecule has 0 aliphatic carbocycles. The van der Waals surface area contributed by atoms with Gasteiger partial charge in [0.2, 0.25) is 0 Å². The zero-order chi connectivity index (χ0) is 13.1. The third-order valence-corrected chi connectivity index (χ3v) is 3.12. The zero-order valence-electron chi connectivity index (χ0n) is 11.2. The largest absolute Gasteiger partial charge is 0.220 e. The van der Waals surface area contributed by atoms with Crippen LogP contribution in [0.4, 0.5) is 4.39 Å². The summed E-state index contributed by atoms with van der Waals surface area (Å²) in [6.45, 7) is 10.2. The lowest BCUT2D eigenvalue weighted by Crippen LogP contribution is -2.07. The molecule has 0 aliphatic rings. The fourth-order valence-electron chi connectivity index (χ4n) is 1.34. The van der Waals surface area contributed by atoms with Crippen molar-refractivity contribution >= 4 is 17.7 Å². The monoisotopic (exact) mass is 253 g/mol. The van der Waals surface area contributed by atoms with E-state index >= 15 is 0 Å². The number of rotatable bonds is 3. The summed E-state index contributed by atoms with van der Waals surface area (Å²) in [4.78, 5) is 0. The number of aryl methyl sites for hydroxylation is 1. The summed E-state index contributed by atoms with van der Waals surface area (Å²) in [6, 6.07) is 5.17. The van der Waals surface area contributed by atoms with Crippen LogP contribution in [0, 0.1) is 12.7 Å². The van der Waals surface area contributed by atoms with Crippen molar-refractivity contribution in [3.05, 3.63) is 35.1 Å². The Kier molecular flexibility index (Phi) is 4.75. The van der Waals surface area contributed by atoms with Crippen LogP contribution in [0.5, 0.6) is 0 Å². The first-order valence-electron chi connectivity index (χ1n) is 5.85. The van der Waals surface area contributed by atoms with Gasteiger partial charge in [-0.05, 0) is 69.3 Å². The summed E-state index contributed by atoms with van der Waals surface area (Å²) in [5.41, 5.74) is 2.71. The third-order valence-electron chi connectivity index (χ3n) is 2.26. The second kappa shape index (κ2) is 5.67. The number of nitrogens with zero attached hydrogens (tertiary/aromatic N) is 1. The zero-order valence-corrected chi connectivity index (χ0v) is 12.0. The highest BCUT2D eigenvalue weighted by molar-refractivity contribution is 7.99. The SMILES string of the molecule is CCC(=NSC(C)(C)C)c1ccc(F)c(C)c1. The van der Waals surface area contributed by atoms with Crippen LogP contribution in [0.3, 0.4) is 0 Å². The minimum absolute atomic E-state index is 0.107. The van der Waals surface area contributed by atoms with Gasteiger partial charge in [-0.25, -0.2) is 8.79 Å². The number of benzene rings is 1. The van der Waals surface area contributed by atoms with Gasteiger partial charge in [0.1, 0.15) is 5.82 Å². The van der Waals surface area contributed by atoms with Crippen LogP contribution in [-0.4, -0.2) is 10.5 Å². The first-order valence-corrected chi connectivity index (χ1v) is 6.62. The molecule has 0 bridgehead atoms. The summed E-state index contributed by atoms with van der Waals surface area (Å²) in [5.74, 6) is -0.160. The second-order valence-electron chi connectivity index (χ2n) is 5.06. The minimum atomic E-state index is -0.160. The molecule has 0 heterocycles. The average molecular weight is 253 g/mol. The molecule has 0 fully saturated rings. The normalized spacial score (nSPS) is 12.9. The summed E-state index contributed by atoms with van der Waals surface area (Å²) >= 11 is 1.57. The Balaban J connectivity index is 2.97. The van der Waals surface area contributed by atoms with E-state index < -0.39 is 0 Å². The summed E-state index contributed by atoms with van der Waals surface area (Å²) in [7, 11) is 0. The molecule has 0 spiro atoms. The van der Waals surface area contributed by atoms with Crippen molar-refractivity contribution in [2.75, 3.05) is 0 Å². The summed E-state index contributed by atoms with van der Waals surface area (Å²) < 4.78 is 17.9. The molecule has 94 valence electrons. The van der Waals surface area contributed by atoms with E-state index in [1.54, 1.807) is 24.9 Å². The molecule has 0 saturated heterocycles. The molecule has 0 radical (unpaired) electrons. The lowest BCUT2D eigenvalue weighted by Gasteiger charge is -2.14. The lowest BCUT2D eigenvalue weighted by atomic mass is 10.1. The average Bonchev–Trinajstić information content (AvgIpc) is 2.22. The van der Waals surface area contributed by atoms with Gasteiger partial charge in [-0.2, -0.15) is 0 Å². The predicted octanol–water partition coefficient (Wildman–Crippen LogP) is 4.78. The van der Waals surface area contributed by atoms with Crippen LogP contribution >= 0.6 is 11.9 Å². The van der Waals surface area contributed by atoms with Gasteiger partial charge in [0, 0.05) is 4.75 Å². The molecule has 0 atom stereocenters. The number of hydrogen-bond donors (Lipinski definition) is 0. The smallest absolute Gasteiger partial charge is 0.126 e. The maximum Gasteiger partial charge on any atom is 0.126 e. The predicted molar refractivity (Wildman–Crippen MR) is 75.3 cm³/mol. The molecule has 0 N–H and O–H groups in total. The maximum atomic E-state index is 13.2. The Labute approximate surface area is 108 Å². The van der Waals surface area contributed by atoms with E-state index in [1.807, 2.05) is 6.07 Å². The van der Waals surface area contributed by atoms with E-state index in [9.17, 15) is 4.39 Å². The third kappa shape index (κ3) is 4.50. The highest BCUT2D eigenvalue weighted by Crippen LogP contribution is 2.26. The van der Waals surface area contributed by atoms with Crippen LogP contribution in [0.15, 0.2) is 22.6 Å². The molecule has 0 unspecified atom stereocenters. The van der Waals surface area contributed by atoms with E-state index in [0.717, 1.165) is 17.7 Å². The molecule has 0 saturated carbocycles. The fourth-order valence-corrected chi connectivity index (χ4v) is 1.96. The molecule has 17 heavy (non-hydrogen) atoms. The maximum absolute atomic E-state index is 13.2. The topological polar surface area (TPSA) is 12.4 Å². The van der Waals surface area contributed by atoms with Crippen molar-refractivity contribution in [1.29, 1.82) is 0 Å². The van der Waals surface area contributed by atoms with Gasteiger partial charge in [0.25, 0.3) is 0 Å². The molecular weight excluding hydrogens is 233 g/mol. The van der Waals surface area contributed by atoms with Crippen LogP contribution in [-0.2, 0) is 0 Å². The lowest BCUT2D eigenvalue weighted by molar-refractivity contribution is 0.618. The first-order chi connectivity index (χ1) is 7.83. The Morgan fingerprint density at radius 1 is 1.35 bits per heavy atom. The van der Waals surface area contributed by atoms with Crippen molar-refractivity contribution in [3.63, 3.8) is 0 Å². The van der Waals surface area contributed by atoms with Crippen molar-refractivity contribution < 1.29 is 4.39 Å². The fraction of sp³-hybridized carbons (Fsp3) is 0.500. The van der Waals surface area contributed by atoms with Gasteiger partial charge in [-0.3, -0.25) is 0 Å². The molecular formula is C14H20FNS. The van der Waals surface area contributed by atoms with Crippen LogP contribution < -0.4 is 0 Å². The standard InChI is InChI=1S/C14H20FNS/c1-6-13(16-17-14(3,4)5)11-7-8-12(15)10(2)9-11/h7-9H,6H2,1-5H3. The molecule has 1 nitrogen and oxygen atoms in total. The quantitative estimate of drug-likeness (QED) is 0.558. The summed E-state index contributed by atoms with van der Waals surface area (Å²) in [5, 5.41) is 0. The molecule has 1 aromatic carbocycles. The molecule has 0 amide bonds. The summed E-state index contributed by atoms with van der Waals surface area (Å²) in [6.07, 6.45) is 0.855. The van der Waals surface area contributed by atoms with Crippen LogP contribution in [0.2, 0.25) is 0 Å². The molecule has 0 aromatic heterocycles. The van der Waals surface area contributed by atoms with E-state index in [-0.39, 0.29) is 10.6 Å². The van der Waals surface area contributed by atoms with E-state index in [4.69, 9.17) is 0 Å². The highest BCUT2D eigenvalue weighted by Gasteiger charge is 2.11. The Bertz CT molecular complexity index is 419. The molecule has 3 heteroatoms. The minimum Gasteiger partial charge on any atom is -0.220 e. The molecule has 0 aliphatic heterocycles. The second-order valence-corrected chi connectivity index (χ2v) is 6.65. The Morgan fingerprint density at radius 3 is 2.47 bits per heavy atom. The van der Waals surface area contributed by atoms with Crippen molar-refractivity contribution in [2.45, 2.75) is 45.8 Å². The Morgan fingerprint density at radius 2 is 2.00 bits per heavy atom. The van der Waals surface area contributed by atoms with E-state index in [0.29, 0.717) is 5.56 Å². The van der Waals surface area contributed by atoms with Gasteiger partial charge in [0.15, 0.2) is 0 Å². The number of halogens is 1. The van der Waals surface area contributed by atoms with Crippen molar-refractivity contribution in [1.82, 2.24) is 0 Å².